The number of hydrogen-bond acceptors (Lipinski definition) is 3. The number of carbonyl (C=O) groups excluding carboxylic acids is 2. The fraction of sp³-hybridized carbons (Fsp3) is 0.294. The summed E-state index contributed by atoms with van der Waals surface area (Å²) in [5.74, 6) is -2.54. The van der Waals surface area contributed by atoms with E-state index in [-0.39, 0.29) is 13.0 Å². The van der Waals surface area contributed by atoms with Crippen molar-refractivity contribution in [3.63, 3.8) is 0 Å². The summed E-state index contributed by atoms with van der Waals surface area (Å²) in [5.41, 5.74) is 0.675. The van der Waals surface area contributed by atoms with E-state index in [1.165, 1.54) is 5.32 Å². The molecular formula is C17H17F3N2O3. The SMILES string of the molecule is O=C(NCC[C@@H](O)c1cccc2ccccc12)C(=O)NCC(F)(F)F. The lowest BCUT2D eigenvalue weighted by molar-refractivity contribution is -0.146. The van der Waals surface area contributed by atoms with E-state index in [9.17, 15) is 27.9 Å². The fourth-order valence-corrected chi connectivity index (χ4v) is 2.36. The second kappa shape index (κ2) is 7.98. The highest BCUT2D eigenvalue weighted by molar-refractivity contribution is 6.35. The number of nitrogens with one attached hydrogen (secondary N) is 2. The Kier molecular flexibility index (Phi) is 5.97. The van der Waals surface area contributed by atoms with Crippen LogP contribution in [-0.4, -0.2) is 36.2 Å². The third kappa shape index (κ3) is 5.46. The first-order valence-electron chi connectivity index (χ1n) is 7.56. The van der Waals surface area contributed by atoms with Gasteiger partial charge in [-0.2, -0.15) is 13.2 Å². The number of carbonyl (C=O) groups is 2. The van der Waals surface area contributed by atoms with Crippen LogP contribution in [0.3, 0.4) is 0 Å². The smallest absolute Gasteiger partial charge is 0.388 e. The minimum Gasteiger partial charge on any atom is -0.388 e. The average Bonchev–Trinajstić information content (AvgIpc) is 2.58. The van der Waals surface area contributed by atoms with E-state index in [0.717, 1.165) is 10.8 Å². The molecule has 0 heterocycles. The van der Waals surface area contributed by atoms with Crippen LogP contribution in [0.4, 0.5) is 13.2 Å². The van der Waals surface area contributed by atoms with Gasteiger partial charge in [-0.05, 0) is 22.8 Å². The van der Waals surface area contributed by atoms with Crippen molar-refractivity contribution in [1.29, 1.82) is 0 Å². The fourth-order valence-electron chi connectivity index (χ4n) is 2.36. The van der Waals surface area contributed by atoms with E-state index in [0.29, 0.717) is 5.56 Å². The molecule has 0 aromatic heterocycles. The maximum atomic E-state index is 12.0. The second-order valence-electron chi connectivity index (χ2n) is 5.43. The summed E-state index contributed by atoms with van der Waals surface area (Å²) in [6, 6.07) is 12.9. The van der Waals surface area contributed by atoms with Gasteiger partial charge in [-0.3, -0.25) is 9.59 Å². The van der Waals surface area contributed by atoms with E-state index in [1.54, 1.807) is 12.1 Å². The molecule has 2 aromatic carbocycles. The van der Waals surface area contributed by atoms with Gasteiger partial charge in [0.25, 0.3) is 0 Å². The number of aliphatic hydroxyl groups excluding tert-OH is 1. The Morgan fingerprint density at radius 1 is 1.00 bits per heavy atom. The summed E-state index contributed by atoms with van der Waals surface area (Å²) in [6.07, 6.45) is -5.35. The van der Waals surface area contributed by atoms with Crippen LogP contribution in [0.25, 0.3) is 10.8 Å². The van der Waals surface area contributed by atoms with Crippen molar-refractivity contribution in [3.05, 3.63) is 48.0 Å². The lowest BCUT2D eigenvalue weighted by Crippen LogP contribution is -2.43. The second-order valence-corrected chi connectivity index (χ2v) is 5.43. The summed E-state index contributed by atoms with van der Waals surface area (Å²) in [6.45, 7) is -1.62. The van der Waals surface area contributed by atoms with Gasteiger partial charge in [-0.25, -0.2) is 0 Å². The van der Waals surface area contributed by atoms with Gasteiger partial charge >= 0.3 is 18.0 Å². The zero-order valence-electron chi connectivity index (χ0n) is 13.1. The molecule has 0 fully saturated rings. The van der Waals surface area contributed by atoms with Gasteiger partial charge in [0, 0.05) is 6.54 Å². The monoisotopic (exact) mass is 354 g/mol. The molecular weight excluding hydrogens is 337 g/mol. The van der Waals surface area contributed by atoms with Gasteiger partial charge in [-0.15, -0.1) is 0 Å². The highest BCUT2D eigenvalue weighted by Gasteiger charge is 2.29. The molecule has 0 bridgehead atoms. The highest BCUT2D eigenvalue weighted by Crippen LogP contribution is 2.25. The molecule has 2 amide bonds. The van der Waals surface area contributed by atoms with Crippen molar-refractivity contribution >= 4 is 22.6 Å². The standard InChI is InChI=1S/C17H17F3N2O3/c18-17(19,20)10-22-16(25)15(24)21-9-8-14(23)13-7-3-5-11-4-1-2-6-12(11)13/h1-7,14,23H,8-10H2,(H,21,24)(H,22,25)/t14-/m1/s1. The van der Waals surface area contributed by atoms with Crippen LogP contribution in [0.2, 0.25) is 0 Å². The predicted octanol–water partition coefficient (Wildman–Crippen LogP) is 2.06. The van der Waals surface area contributed by atoms with Gasteiger partial charge < -0.3 is 15.7 Å². The van der Waals surface area contributed by atoms with Crippen LogP contribution < -0.4 is 10.6 Å². The van der Waals surface area contributed by atoms with Gasteiger partial charge in [0.15, 0.2) is 0 Å². The molecule has 0 unspecified atom stereocenters. The number of fused-ring (bicyclic) bond motifs is 1. The van der Waals surface area contributed by atoms with Crippen LogP contribution in [0.15, 0.2) is 42.5 Å². The third-order valence-electron chi connectivity index (χ3n) is 3.54. The maximum absolute atomic E-state index is 12.0. The largest absolute Gasteiger partial charge is 0.405 e. The van der Waals surface area contributed by atoms with E-state index in [4.69, 9.17) is 0 Å². The third-order valence-corrected chi connectivity index (χ3v) is 3.54. The van der Waals surface area contributed by atoms with E-state index in [2.05, 4.69) is 5.32 Å². The number of benzene rings is 2. The lowest BCUT2D eigenvalue weighted by atomic mass is 9.99. The molecule has 3 N–H and O–H groups in total. The number of amides is 2. The molecule has 0 aliphatic heterocycles. The molecule has 1 atom stereocenters. The minimum atomic E-state index is -4.58. The molecule has 0 aliphatic rings. The molecule has 0 saturated carbocycles. The van der Waals surface area contributed by atoms with Crippen molar-refractivity contribution in [1.82, 2.24) is 10.6 Å². The predicted molar refractivity (Wildman–Crippen MR) is 85.6 cm³/mol. The highest BCUT2D eigenvalue weighted by atomic mass is 19.4. The van der Waals surface area contributed by atoms with Crippen molar-refractivity contribution in [3.8, 4) is 0 Å². The van der Waals surface area contributed by atoms with Gasteiger partial charge in [-0.1, -0.05) is 42.5 Å². The zero-order valence-corrected chi connectivity index (χ0v) is 13.1. The Labute approximate surface area is 141 Å². The molecule has 2 rings (SSSR count). The summed E-state index contributed by atoms with van der Waals surface area (Å²) in [5, 5.41) is 15.8. The quantitative estimate of drug-likeness (QED) is 0.719. The Hall–Kier alpha value is -2.61. The Bertz CT molecular complexity index is 757. The molecule has 0 saturated heterocycles. The Morgan fingerprint density at radius 3 is 2.36 bits per heavy atom. The molecule has 5 nitrogen and oxygen atoms in total. The van der Waals surface area contributed by atoms with Crippen LogP contribution in [0, 0.1) is 0 Å². The van der Waals surface area contributed by atoms with Gasteiger partial charge in [0.2, 0.25) is 0 Å². The minimum absolute atomic E-state index is 0.0529. The van der Waals surface area contributed by atoms with E-state index < -0.39 is 30.6 Å². The summed E-state index contributed by atoms with van der Waals surface area (Å²) < 4.78 is 35.9. The number of rotatable bonds is 5. The van der Waals surface area contributed by atoms with E-state index in [1.807, 2.05) is 30.3 Å². The van der Waals surface area contributed by atoms with Crippen LogP contribution in [0.1, 0.15) is 18.1 Å². The maximum Gasteiger partial charge on any atom is 0.405 e. The van der Waals surface area contributed by atoms with Crippen LogP contribution in [-0.2, 0) is 9.59 Å². The first-order valence-corrected chi connectivity index (χ1v) is 7.56. The van der Waals surface area contributed by atoms with Gasteiger partial charge in [0.1, 0.15) is 6.54 Å². The average molecular weight is 354 g/mol. The Morgan fingerprint density at radius 2 is 1.64 bits per heavy atom. The van der Waals surface area contributed by atoms with Gasteiger partial charge in [0.05, 0.1) is 6.10 Å². The molecule has 0 radical (unpaired) electrons. The lowest BCUT2D eigenvalue weighted by Gasteiger charge is -2.14. The normalized spacial score (nSPS) is 12.6. The van der Waals surface area contributed by atoms with Crippen LogP contribution in [0.5, 0.6) is 0 Å². The van der Waals surface area contributed by atoms with Crippen LogP contribution >= 0.6 is 0 Å². The van der Waals surface area contributed by atoms with Crippen molar-refractivity contribution in [2.45, 2.75) is 18.7 Å². The van der Waals surface area contributed by atoms with Crippen molar-refractivity contribution in [2.24, 2.45) is 0 Å². The summed E-state index contributed by atoms with van der Waals surface area (Å²) >= 11 is 0. The molecule has 134 valence electrons. The molecule has 25 heavy (non-hydrogen) atoms. The number of hydrogen-bond donors (Lipinski definition) is 3. The molecule has 8 heteroatoms. The van der Waals surface area contributed by atoms with Crippen molar-refractivity contribution in [2.75, 3.05) is 13.1 Å². The number of aliphatic hydroxyl groups is 1. The van der Waals surface area contributed by atoms with E-state index >= 15 is 0 Å². The molecule has 0 spiro atoms. The Balaban J connectivity index is 1.86. The first-order chi connectivity index (χ1) is 11.8. The topological polar surface area (TPSA) is 78.4 Å². The molecule has 2 aromatic rings. The number of halogens is 3. The zero-order chi connectivity index (χ0) is 18.4. The summed E-state index contributed by atoms with van der Waals surface area (Å²) in [4.78, 5) is 22.6. The van der Waals surface area contributed by atoms with Crippen molar-refractivity contribution < 1.29 is 27.9 Å². The summed E-state index contributed by atoms with van der Waals surface area (Å²) in [7, 11) is 0. The number of alkyl halides is 3. The molecule has 0 aliphatic carbocycles. The first kappa shape index (κ1) is 18.7.